The molecule has 0 amide bonds. The first kappa shape index (κ1) is 31.3. The first-order chi connectivity index (χ1) is 18.5. The van der Waals surface area contributed by atoms with Crippen LogP contribution < -0.4 is 0 Å². The second-order valence-corrected chi connectivity index (χ2v) is 14.6. The van der Waals surface area contributed by atoms with Crippen molar-refractivity contribution in [3.63, 3.8) is 0 Å². The maximum absolute atomic E-state index is 14.3. The molecule has 0 saturated heterocycles. The van der Waals surface area contributed by atoms with Crippen LogP contribution in [0.4, 0.5) is 0 Å². The molecule has 0 radical (unpaired) electrons. The second-order valence-electron chi connectivity index (χ2n) is 14.6. The molecule has 0 spiro atoms. The number of ether oxygens (including phenoxy) is 1. The molecular formula is C32H44O9. The minimum atomic E-state index is -2.10. The molecule has 0 aliphatic heterocycles. The quantitative estimate of drug-likeness (QED) is 0.221. The van der Waals surface area contributed by atoms with E-state index < -0.39 is 86.1 Å². The van der Waals surface area contributed by atoms with Gasteiger partial charge in [-0.3, -0.25) is 19.2 Å². The number of allylic oxidation sites excluding steroid dienone is 3. The summed E-state index contributed by atoms with van der Waals surface area (Å²) in [6.07, 6.45) is 3.23. The lowest BCUT2D eigenvalue weighted by atomic mass is 9.38. The van der Waals surface area contributed by atoms with Crippen LogP contribution in [0.25, 0.3) is 0 Å². The van der Waals surface area contributed by atoms with E-state index in [1.807, 2.05) is 6.92 Å². The van der Waals surface area contributed by atoms with Gasteiger partial charge in [0.25, 0.3) is 0 Å². The van der Waals surface area contributed by atoms with Gasteiger partial charge in [0.15, 0.2) is 11.5 Å². The molecule has 2 fully saturated rings. The molecule has 0 aromatic rings. The number of ketones is 3. The van der Waals surface area contributed by atoms with Crippen LogP contribution in [0.5, 0.6) is 0 Å². The monoisotopic (exact) mass is 572 g/mol. The van der Waals surface area contributed by atoms with Gasteiger partial charge >= 0.3 is 5.97 Å². The van der Waals surface area contributed by atoms with Gasteiger partial charge < -0.3 is 25.2 Å². The fourth-order valence-corrected chi connectivity index (χ4v) is 9.07. The Balaban J connectivity index is 1.80. The molecule has 0 unspecified atom stereocenters. The van der Waals surface area contributed by atoms with Crippen molar-refractivity contribution in [1.29, 1.82) is 0 Å². The number of carbonyl (C=O) groups excluding carboxylic acids is 4. The Kier molecular flexibility index (Phi) is 7.02. The topological polar surface area (TPSA) is 158 Å². The van der Waals surface area contributed by atoms with Crippen LogP contribution in [0.2, 0.25) is 0 Å². The number of rotatable bonds is 5. The smallest absolute Gasteiger partial charge is 0.303 e. The summed E-state index contributed by atoms with van der Waals surface area (Å²) in [7, 11) is 0. The standard InChI is InChI=1S/C32H44O9/c1-16(33)41-27(2,3)11-10-22(37)32(9,40)25-21(36)14-29(6)24-19(34)12-17-18(13-20(35)26(39)28(17,4)5)31(24,8)23(38)15-30(25,29)7/h10-13,18-19,21,24-25,34-36,40H,14-15H2,1-9H3/b11-10+/t18-,19-,21-,24+,25+,29+,30-,31-,32+/m1/s1. The van der Waals surface area contributed by atoms with Crippen LogP contribution >= 0.6 is 0 Å². The van der Waals surface area contributed by atoms with E-state index in [4.69, 9.17) is 4.74 Å². The summed E-state index contributed by atoms with van der Waals surface area (Å²) in [5.41, 5.74) is -7.02. The lowest BCUT2D eigenvalue weighted by Crippen LogP contribution is -2.67. The van der Waals surface area contributed by atoms with Crippen molar-refractivity contribution in [2.24, 2.45) is 39.4 Å². The molecule has 4 rings (SSSR count). The average Bonchev–Trinajstić information content (AvgIpc) is 3.01. The highest BCUT2D eigenvalue weighted by molar-refractivity contribution is 6.02. The maximum Gasteiger partial charge on any atom is 0.303 e. The van der Waals surface area contributed by atoms with Crippen molar-refractivity contribution >= 4 is 23.3 Å². The van der Waals surface area contributed by atoms with E-state index in [2.05, 4.69) is 0 Å². The molecule has 0 aromatic carbocycles. The lowest BCUT2D eigenvalue weighted by molar-refractivity contribution is -0.190. The van der Waals surface area contributed by atoms with E-state index in [0.29, 0.717) is 5.57 Å². The summed E-state index contributed by atoms with van der Waals surface area (Å²) in [6, 6.07) is 0. The molecule has 0 heterocycles. The number of hydrogen-bond donors (Lipinski definition) is 4. The van der Waals surface area contributed by atoms with Crippen LogP contribution in [-0.4, -0.2) is 67.2 Å². The van der Waals surface area contributed by atoms with Crippen molar-refractivity contribution in [3.8, 4) is 0 Å². The van der Waals surface area contributed by atoms with Crippen molar-refractivity contribution in [3.05, 3.63) is 35.6 Å². The second kappa shape index (κ2) is 9.19. The first-order valence-electron chi connectivity index (χ1n) is 14.2. The highest BCUT2D eigenvalue weighted by Crippen LogP contribution is 2.73. The summed E-state index contributed by atoms with van der Waals surface area (Å²) in [4.78, 5) is 52.0. The van der Waals surface area contributed by atoms with E-state index in [9.17, 15) is 39.6 Å². The largest absolute Gasteiger partial charge is 0.505 e. The van der Waals surface area contributed by atoms with Crippen LogP contribution in [0.15, 0.2) is 35.6 Å². The molecule has 4 aliphatic rings. The van der Waals surface area contributed by atoms with Gasteiger partial charge in [-0.1, -0.05) is 32.4 Å². The summed E-state index contributed by atoms with van der Waals surface area (Å²) in [5.74, 6) is -4.83. The van der Waals surface area contributed by atoms with Gasteiger partial charge in [-0.15, -0.1) is 0 Å². The summed E-state index contributed by atoms with van der Waals surface area (Å²) < 4.78 is 5.21. The van der Waals surface area contributed by atoms with Crippen molar-refractivity contribution in [2.75, 3.05) is 0 Å². The van der Waals surface area contributed by atoms with Crippen LogP contribution in [0, 0.1) is 39.4 Å². The van der Waals surface area contributed by atoms with Gasteiger partial charge in [0, 0.05) is 36.5 Å². The summed E-state index contributed by atoms with van der Waals surface area (Å²) >= 11 is 0. The Hall–Kier alpha value is -2.62. The van der Waals surface area contributed by atoms with Crippen LogP contribution in [0.3, 0.4) is 0 Å². The molecule has 0 bridgehead atoms. The van der Waals surface area contributed by atoms with E-state index >= 15 is 0 Å². The Morgan fingerprint density at radius 2 is 1.61 bits per heavy atom. The van der Waals surface area contributed by atoms with Crippen LogP contribution in [-0.2, 0) is 23.9 Å². The number of aliphatic hydroxyl groups is 4. The number of fused-ring (bicyclic) bond motifs is 5. The molecular weight excluding hydrogens is 528 g/mol. The maximum atomic E-state index is 14.3. The summed E-state index contributed by atoms with van der Waals surface area (Å²) in [5, 5.41) is 45.5. The van der Waals surface area contributed by atoms with Gasteiger partial charge in [-0.2, -0.15) is 0 Å². The number of esters is 1. The minimum absolute atomic E-state index is 0.0935. The number of carbonyl (C=O) groups is 4. The van der Waals surface area contributed by atoms with Crippen molar-refractivity contribution < 1.29 is 44.3 Å². The van der Waals surface area contributed by atoms with Gasteiger partial charge in [-0.25, -0.2) is 0 Å². The predicted octanol–water partition coefficient (Wildman–Crippen LogP) is 3.16. The lowest BCUT2D eigenvalue weighted by Gasteiger charge is -2.64. The van der Waals surface area contributed by atoms with E-state index in [1.54, 1.807) is 47.6 Å². The Bertz CT molecular complexity index is 1300. The molecule has 226 valence electrons. The predicted molar refractivity (Wildman–Crippen MR) is 149 cm³/mol. The van der Waals surface area contributed by atoms with Crippen LogP contribution in [0.1, 0.15) is 75.2 Å². The first-order valence-corrected chi connectivity index (χ1v) is 14.2. The molecule has 41 heavy (non-hydrogen) atoms. The van der Waals surface area contributed by atoms with Gasteiger partial charge in [0.1, 0.15) is 17.0 Å². The SMILES string of the molecule is CC(=O)OC(C)(C)/C=C/C(=O)[C@](C)(O)[C@H]1[C@H](O)C[C@@]2(C)[C@@H]3[C@H](O)C=C4[C@@H](C=C(O)C(=O)C4(C)C)[C@]3(C)C(=O)C[C@]12C. The number of Topliss-reactive ketones (excluding diaryl/α,β-unsaturated/α-hetero) is 2. The molecule has 2 saturated carbocycles. The third-order valence-electron chi connectivity index (χ3n) is 11.1. The van der Waals surface area contributed by atoms with E-state index in [-0.39, 0.29) is 18.6 Å². The van der Waals surface area contributed by atoms with Crippen molar-refractivity contribution in [2.45, 2.75) is 98.6 Å². The van der Waals surface area contributed by atoms with Gasteiger partial charge in [-0.05, 0) is 70.1 Å². The third-order valence-corrected chi connectivity index (χ3v) is 11.1. The van der Waals surface area contributed by atoms with Gasteiger partial charge in [0.05, 0.1) is 17.6 Å². The average molecular weight is 573 g/mol. The highest BCUT2D eigenvalue weighted by atomic mass is 16.6. The minimum Gasteiger partial charge on any atom is -0.505 e. The Morgan fingerprint density at radius 3 is 2.17 bits per heavy atom. The number of hydrogen-bond acceptors (Lipinski definition) is 9. The van der Waals surface area contributed by atoms with E-state index in [0.717, 1.165) is 6.08 Å². The fraction of sp³-hybridized carbons (Fsp3) is 0.688. The highest BCUT2D eigenvalue weighted by Gasteiger charge is 2.75. The summed E-state index contributed by atoms with van der Waals surface area (Å²) in [6.45, 7) is 14.5. The Labute approximate surface area is 241 Å². The number of aliphatic hydroxyl groups excluding tert-OH is 3. The molecule has 9 heteroatoms. The van der Waals surface area contributed by atoms with Gasteiger partial charge in [0.2, 0.25) is 5.78 Å². The molecule has 9 atom stereocenters. The molecule has 4 N–H and O–H groups in total. The zero-order valence-electron chi connectivity index (χ0n) is 25.4. The molecule has 0 aromatic heterocycles. The third kappa shape index (κ3) is 4.21. The Morgan fingerprint density at radius 1 is 1.02 bits per heavy atom. The fourth-order valence-electron chi connectivity index (χ4n) is 9.07. The zero-order valence-corrected chi connectivity index (χ0v) is 25.4. The van der Waals surface area contributed by atoms with E-state index in [1.165, 1.54) is 26.0 Å². The normalized spacial score (nSPS) is 41.5. The molecule has 4 aliphatic carbocycles. The molecule has 9 nitrogen and oxygen atoms in total. The zero-order chi connectivity index (χ0) is 31.3. The van der Waals surface area contributed by atoms with Crippen molar-refractivity contribution in [1.82, 2.24) is 0 Å².